The summed E-state index contributed by atoms with van der Waals surface area (Å²) in [5, 5.41) is 8.22. The number of thioether (sulfide) groups is 1. The van der Waals surface area contributed by atoms with E-state index < -0.39 is 29.5 Å². The molecule has 0 saturated carbocycles. The van der Waals surface area contributed by atoms with Crippen molar-refractivity contribution in [3.63, 3.8) is 0 Å². The summed E-state index contributed by atoms with van der Waals surface area (Å²) >= 11 is 0.760. The number of imide groups is 1. The number of amides is 2. The van der Waals surface area contributed by atoms with E-state index in [1.54, 1.807) is 18.2 Å². The molecule has 9 heteroatoms. The molecule has 0 aliphatic carbocycles. The Morgan fingerprint density at radius 3 is 2.66 bits per heavy atom. The molecule has 1 heterocycles. The summed E-state index contributed by atoms with van der Waals surface area (Å²) in [6.07, 6.45) is 1.51. The van der Waals surface area contributed by atoms with Gasteiger partial charge in [0.2, 0.25) is 0 Å². The van der Waals surface area contributed by atoms with E-state index >= 15 is 0 Å². The fourth-order valence-electron chi connectivity index (χ4n) is 2.62. The van der Waals surface area contributed by atoms with Gasteiger partial charge in [0.1, 0.15) is 5.82 Å². The lowest BCUT2D eigenvalue weighted by molar-refractivity contribution is -0.139. The number of hydrogen-bond donors (Lipinski definition) is 1. The van der Waals surface area contributed by atoms with Gasteiger partial charge in [0.15, 0.2) is 18.1 Å². The molecule has 1 aliphatic rings. The van der Waals surface area contributed by atoms with Crippen LogP contribution in [0.2, 0.25) is 0 Å². The maximum absolute atomic E-state index is 13.8. The van der Waals surface area contributed by atoms with Gasteiger partial charge in [0, 0.05) is 5.56 Å². The first-order chi connectivity index (χ1) is 13.9. The molecule has 7 nitrogen and oxygen atoms in total. The highest BCUT2D eigenvalue weighted by Gasteiger charge is 2.35. The number of carboxylic acid groups (broad SMARTS) is 1. The maximum atomic E-state index is 13.8. The van der Waals surface area contributed by atoms with Gasteiger partial charge in [-0.1, -0.05) is 24.3 Å². The molecule has 1 saturated heterocycles. The summed E-state index contributed by atoms with van der Waals surface area (Å²) < 4.78 is 24.2. The summed E-state index contributed by atoms with van der Waals surface area (Å²) in [4.78, 5) is 36.7. The van der Waals surface area contributed by atoms with Crippen LogP contribution in [-0.4, -0.2) is 40.8 Å². The molecule has 2 aromatic rings. The number of aliphatic carboxylic acids is 1. The lowest BCUT2D eigenvalue weighted by Crippen LogP contribution is -2.27. The van der Waals surface area contributed by atoms with Crippen molar-refractivity contribution in [3.8, 4) is 11.5 Å². The summed E-state index contributed by atoms with van der Waals surface area (Å²) in [6, 6.07) is 10.6. The number of halogens is 1. The largest absolute Gasteiger partial charge is 0.493 e. The molecule has 1 aliphatic heterocycles. The number of benzene rings is 2. The van der Waals surface area contributed by atoms with Crippen LogP contribution in [0.3, 0.4) is 0 Å². The Hall–Kier alpha value is -3.33. The molecule has 1 N–H and O–H groups in total. The Morgan fingerprint density at radius 2 is 1.97 bits per heavy atom. The quantitative estimate of drug-likeness (QED) is 0.689. The fourth-order valence-corrected chi connectivity index (χ4v) is 3.46. The second kappa shape index (κ2) is 8.78. The minimum atomic E-state index is -1.13. The van der Waals surface area contributed by atoms with E-state index in [1.807, 2.05) is 0 Å². The summed E-state index contributed by atoms with van der Waals surface area (Å²) in [7, 11) is 1.40. The molecule has 3 rings (SSSR count). The number of ether oxygens (including phenoxy) is 2. The normalized spacial score (nSPS) is 15.1. The van der Waals surface area contributed by atoms with Gasteiger partial charge in [-0.15, -0.1) is 0 Å². The van der Waals surface area contributed by atoms with Crippen LogP contribution in [0, 0.1) is 5.82 Å². The highest BCUT2D eigenvalue weighted by Crippen LogP contribution is 2.35. The molecule has 2 aromatic carbocycles. The minimum absolute atomic E-state index is 0.153. The molecule has 0 unspecified atom stereocenters. The summed E-state index contributed by atoms with van der Waals surface area (Å²) in [6.45, 7) is -0.676. The highest BCUT2D eigenvalue weighted by atomic mass is 32.2. The molecule has 0 radical (unpaired) electrons. The molecule has 150 valence electrons. The second-order valence-corrected chi connectivity index (χ2v) is 6.95. The van der Waals surface area contributed by atoms with Gasteiger partial charge < -0.3 is 14.6 Å². The number of carbonyl (C=O) groups excluding carboxylic acids is 2. The number of carboxylic acids is 1. The Balaban J connectivity index is 1.80. The third-order valence-corrected chi connectivity index (χ3v) is 4.90. The van der Waals surface area contributed by atoms with Crippen LogP contribution >= 0.6 is 11.8 Å². The van der Waals surface area contributed by atoms with E-state index in [2.05, 4.69) is 0 Å². The van der Waals surface area contributed by atoms with Crippen molar-refractivity contribution >= 4 is 35.0 Å². The van der Waals surface area contributed by atoms with Crippen molar-refractivity contribution in [1.82, 2.24) is 4.90 Å². The molecule has 29 heavy (non-hydrogen) atoms. The average molecular weight is 417 g/mol. The fraction of sp³-hybridized carbons (Fsp3) is 0.150. The first-order valence-electron chi connectivity index (χ1n) is 8.40. The van der Waals surface area contributed by atoms with Crippen molar-refractivity contribution in [2.45, 2.75) is 6.54 Å². The molecule has 0 spiro atoms. The number of carbonyl (C=O) groups is 3. The predicted molar refractivity (Wildman–Crippen MR) is 104 cm³/mol. The maximum Gasteiger partial charge on any atom is 0.341 e. The van der Waals surface area contributed by atoms with Crippen LogP contribution in [0.4, 0.5) is 9.18 Å². The molecule has 0 aromatic heterocycles. The molecule has 1 fully saturated rings. The van der Waals surface area contributed by atoms with Crippen LogP contribution in [0.15, 0.2) is 47.4 Å². The van der Waals surface area contributed by atoms with Crippen molar-refractivity contribution < 1.29 is 33.4 Å². The topological polar surface area (TPSA) is 93.1 Å². The monoisotopic (exact) mass is 417 g/mol. The van der Waals surface area contributed by atoms with E-state index in [1.165, 1.54) is 37.5 Å². The van der Waals surface area contributed by atoms with E-state index in [4.69, 9.17) is 14.6 Å². The SMILES string of the molecule is COc1cc(/C=C2/SC(=O)N(Cc3ccccc3F)C2=O)ccc1OCC(=O)O. The van der Waals surface area contributed by atoms with Gasteiger partial charge in [-0.25, -0.2) is 9.18 Å². The Labute approximate surface area is 169 Å². The Kier molecular flexibility index (Phi) is 6.18. The number of methoxy groups -OCH3 is 1. The zero-order chi connectivity index (χ0) is 21.0. The molecular weight excluding hydrogens is 401 g/mol. The van der Waals surface area contributed by atoms with Crippen molar-refractivity contribution in [2.75, 3.05) is 13.7 Å². The molecule has 0 atom stereocenters. The van der Waals surface area contributed by atoms with Gasteiger partial charge in [-0.3, -0.25) is 14.5 Å². The molecule has 2 amide bonds. The lowest BCUT2D eigenvalue weighted by Gasteiger charge is -2.13. The lowest BCUT2D eigenvalue weighted by atomic mass is 10.1. The van der Waals surface area contributed by atoms with Crippen LogP contribution in [-0.2, 0) is 16.1 Å². The van der Waals surface area contributed by atoms with Crippen molar-refractivity contribution in [2.24, 2.45) is 0 Å². The smallest absolute Gasteiger partial charge is 0.341 e. The highest BCUT2D eigenvalue weighted by molar-refractivity contribution is 8.18. The van der Waals surface area contributed by atoms with Crippen molar-refractivity contribution in [1.29, 1.82) is 0 Å². The van der Waals surface area contributed by atoms with Gasteiger partial charge in [0.05, 0.1) is 18.6 Å². The van der Waals surface area contributed by atoms with Crippen LogP contribution in [0.25, 0.3) is 6.08 Å². The number of hydrogen-bond acceptors (Lipinski definition) is 6. The first kappa shape index (κ1) is 20.4. The minimum Gasteiger partial charge on any atom is -0.493 e. The van der Waals surface area contributed by atoms with E-state index in [0.29, 0.717) is 5.56 Å². The van der Waals surface area contributed by atoms with Crippen LogP contribution < -0.4 is 9.47 Å². The van der Waals surface area contributed by atoms with E-state index in [9.17, 15) is 18.8 Å². The Bertz CT molecular complexity index is 1010. The predicted octanol–water partition coefficient (Wildman–Crippen LogP) is 3.53. The zero-order valence-corrected chi connectivity index (χ0v) is 16.1. The van der Waals surface area contributed by atoms with E-state index in [-0.39, 0.29) is 28.5 Å². The average Bonchev–Trinajstić information content (AvgIpc) is 2.95. The Morgan fingerprint density at radius 1 is 1.21 bits per heavy atom. The molecular formula is C20H16FNO6S. The molecule has 0 bridgehead atoms. The van der Waals surface area contributed by atoms with Gasteiger partial charge in [0.25, 0.3) is 11.1 Å². The van der Waals surface area contributed by atoms with Crippen LogP contribution in [0.5, 0.6) is 11.5 Å². The van der Waals surface area contributed by atoms with Gasteiger partial charge in [-0.05, 0) is 41.6 Å². The zero-order valence-electron chi connectivity index (χ0n) is 15.3. The summed E-state index contributed by atoms with van der Waals surface area (Å²) in [5.74, 6) is -1.62. The number of nitrogens with zero attached hydrogens (tertiary/aromatic N) is 1. The number of rotatable bonds is 7. The third-order valence-electron chi connectivity index (χ3n) is 4.00. The van der Waals surface area contributed by atoms with Gasteiger partial charge >= 0.3 is 5.97 Å². The second-order valence-electron chi connectivity index (χ2n) is 5.95. The van der Waals surface area contributed by atoms with Crippen molar-refractivity contribution in [3.05, 3.63) is 64.3 Å². The van der Waals surface area contributed by atoms with Crippen LogP contribution in [0.1, 0.15) is 11.1 Å². The summed E-state index contributed by atoms with van der Waals surface area (Å²) in [5.41, 5.74) is 0.804. The third kappa shape index (κ3) is 4.75. The standard InChI is InChI=1S/C20H16FNO6S/c1-27-16-8-12(6-7-15(16)28-11-18(23)24)9-17-19(25)22(20(26)29-17)10-13-4-2-3-5-14(13)21/h2-9H,10-11H2,1H3,(H,23,24)/b17-9+. The van der Waals surface area contributed by atoms with E-state index in [0.717, 1.165) is 16.7 Å². The van der Waals surface area contributed by atoms with Gasteiger partial charge in [-0.2, -0.15) is 0 Å². The first-order valence-corrected chi connectivity index (χ1v) is 9.22.